The molecule has 0 spiro atoms. The number of benzene rings is 1. The molecule has 2 aliphatic heterocycles. The van der Waals surface area contributed by atoms with Gasteiger partial charge in [0.1, 0.15) is 10.8 Å². The molecule has 0 N–H and O–H groups in total. The molecule has 2 aliphatic rings. The van der Waals surface area contributed by atoms with Gasteiger partial charge in [0.2, 0.25) is 0 Å². The van der Waals surface area contributed by atoms with Gasteiger partial charge in [0, 0.05) is 5.56 Å². The third kappa shape index (κ3) is 1.92. The van der Waals surface area contributed by atoms with Crippen LogP contribution in [0.3, 0.4) is 0 Å². The van der Waals surface area contributed by atoms with Crippen LogP contribution in [0.2, 0.25) is 0 Å². The van der Waals surface area contributed by atoms with Crippen molar-refractivity contribution in [2.45, 2.75) is 65.6 Å². The van der Waals surface area contributed by atoms with Crippen LogP contribution >= 0.6 is 0 Å². The fourth-order valence-corrected chi connectivity index (χ4v) is 3.83. The molecular formula is C20H26O4. The van der Waals surface area contributed by atoms with Gasteiger partial charge >= 0.3 is 11.9 Å². The summed E-state index contributed by atoms with van der Waals surface area (Å²) in [6, 6.07) is 8.01. The second-order valence-corrected chi connectivity index (χ2v) is 9.08. The van der Waals surface area contributed by atoms with Gasteiger partial charge < -0.3 is 9.47 Å². The highest BCUT2D eigenvalue weighted by Crippen LogP contribution is 2.61. The Hall–Kier alpha value is -1.84. The van der Waals surface area contributed by atoms with E-state index in [1.54, 1.807) is 27.7 Å². The van der Waals surface area contributed by atoms with Crippen LogP contribution in [0.5, 0.6) is 0 Å². The summed E-state index contributed by atoms with van der Waals surface area (Å²) >= 11 is 0. The van der Waals surface area contributed by atoms with E-state index < -0.39 is 22.5 Å². The van der Waals surface area contributed by atoms with Crippen molar-refractivity contribution in [2.75, 3.05) is 0 Å². The number of hydrogen-bond donors (Lipinski definition) is 0. The Balaban J connectivity index is 2.18. The molecule has 4 heteroatoms. The molecule has 0 aromatic heterocycles. The molecule has 0 unspecified atom stereocenters. The van der Waals surface area contributed by atoms with Crippen LogP contribution in [0, 0.1) is 10.8 Å². The van der Waals surface area contributed by atoms with Crippen LogP contribution < -0.4 is 0 Å². The average Bonchev–Trinajstić information content (AvgIpc) is 2.80. The van der Waals surface area contributed by atoms with E-state index in [9.17, 15) is 9.59 Å². The summed E-state index contributed by atoms with van der Waals surface area (Å²) in [6.07, 6.45) is -0.625. The monoisotopic (exact) mass is 330 g/mol. The van der Waals surface area contributed by atoms with E-state index in [4.69, 9.17) is 9.47 Å². The molecule has 2 saturated heterocycles. The number of ether oxygens (including phenoxy) is 2. The van der Waals surface area contributed by atoms with Gasteiger partial charge in [-0.05, 0) is 38.7 Å². The SMILES string of the molecule is CC(C)(C)c1ccc([C@]23OC(=O)C(C)(C)[C@H]2OC(=O)C3(C)C)cc1. The number of esters is 2. The van der Waals surface area contributed by atoms with Gasteiger partial charge in [0.25, 0.3) is 0 Å². The number of fused-ring (bicyclic) bond motifs is 1. The van der Waals surface area contributed by atoms with E-state index in [0.29, 0.717) is 0 Å². The van der Waals surface area contributed by atoms with Crippen molar-refractivity contribution >= 4 is 11.9 Å². The Morgan fingerprint density at radius 3 is 1.96 bits per heavy atom. The van der Waals surface area contributed by atoms with Crippen LogP contribution in [0.1, 0.15) is 59.6 Å². The molecule has 4 nitrogen and oxygen atoms in total. The molecule has 2 atom stereocenters. The highest BCUT2D eigenvalue weighted by Gasteiger charge is 2.75. The first-order valence-corrected chi connectivity index (χ1v) is 8.41. The van der Waals surface area contributed by atoms with Gasteiger partial charge in [0.15, 0.2) is 11.7 Å². The van der Waals surface area contributed by atoms with Crippen molar-refractivity contribution in [3.63, 3.8) is 0 Å². The molecule has 0 aliphatic carbocycles. The third-order valence-corrected chi connectivity index (χ3v) is 5.65. The predicted molar refractivity (Wildman–Crippen MR) is 90.4 cm³/mol. The fraction of sp³-hybridized carbons (Fsp3) is 0.600. The molecule has 0 radical (unpaired) electrons. The van der Waals surface area contributed by atoms with Gasteiger partial charge in [-0.3, -0.25) is 9.59 Å². The maximum Gasteiger partial charge on any atom is 0.316 e. The molecule has 0 amide bonds. The van der Waals surface area contributed by atoms with Crippen molar-refractivity contribution < 1.29 is 19.1 Å². The molecule has 0 bridgehead atoms. The number of carbonyl (C=O) groups excluding carboxylic acids is 2. The largest absolute Gasteiger partial charge is 0.456 e. The maximum absolute atomic E-state index is 12.5. The average molecular weight is 330 g/mol. The molecule has 2 heterocycles. The summed E-state index contributed by atoms with van der Waals surface area (Å²) < 4.78 is 11.6. The summed E-state index contributed by atoms with van der Waals surface area (Å²) in [5.41, 5.74) is -0.864. The zero-order valence-corrected chi connectivity index (χ0v) is 15.5. The van der Waals surface area contributed by atoms with E-state index in [2.05, 4.69) is 20.8 Å². The van der Waals surface area contributed by atoms with Gasteiger partial charge in [-0.1, -0.05) is 45.0 Å². The lowest BCUT2D eigenvalue weighted by Crippen LogP contribution is -2.47. The zero-order chi connectivity index (χ0) is 18.1. The van der Waals surface area contributed by atoms with Crippen LogP contribution in [-0.2, 0) is 30.1 Å². The van der Waals surface area contributed by atoms with E-state index in [-0.39, 0.29) is 17.4 Å². The Morgan fingerprint density at radius 1 is 0.917 bits per heavy atom. The summed E-state index contributed by atoms with van der Waals surface area (Å²) in [5.74, 6) is -0.652. The Kier molecular flexibility index (Phi) is 3.27. The zero-order valence-electron chi connectivity index (χ0n) is 15.5. The molecule has 24 heavy (non-hydrogen) atoms. The molecule has 130 valence electrons. The van der Waals surface area contributed by atoms with Crippen molar-refractivity contribution in [3.05, 3.63) is 35.4 Å². The second-order valence-electron chi connectivity index (χ2n) is 9.08. The maximum atomic E-state index is 12.5. The fourth-order valence-electron chi connectivity index (χ4n) is 3.83. The van der Waals surface area contributed by atoms with Gasteiger partial charge in [-0.2, -0.15) is 0 Å². The lowest BCUT2D eigenvalue weighted by molar-refractivity contribution is -0.166. The van der Waals surface area contributed by atoms with E-state index in [1.807, 2.05) is 24.3 Å². The van der Waals surface area contributed by atoms with E-state index in [0.717, 1.165) is 5.56 Å². The summed E-state index contributed by atoms with van der Waals surface area (Å²) in [7, 11) is 0. The number of hydrogen-bond acceptors (Lipinski definition) is 4. The molecule has 0 saturated carbocycles. The Labute approximate surface area is 143 Å². The van der Waals surface area contributed by atoms with Crippen LogP contribution in [-0.4, -0.2) is 18.0 Å². The van der Waals surface area contributed by atoms with Crippen molar-refractivity contribution in [1.82, 2.24) is 0 Å². The third-order valence-electron chi connectivity index (χ3n) is 5.65. The summed E-state index contributed by atoms with van der Waals surface area (Å²) in [4.78, 5) is 25.0. The highest BCUT2D eigenvalue weighted by atomic mass is 16.6. The predicted octanol–water partition coefficient (Wildman–Crippen LogP) is 3.71. The number of carbonyl (C=O) groups is 2. The van der Waals surface area contributed by atoms with Crippen LogP contribution in [0.4, 0.5) is 0 Å². The van der Waals surface area contributed by atoms with Gasteiger partial charge in [0.05, 0.1) is 0 Å². The van der Waals surface area contributed by atoms with Gasteiger partial charge in [-0.25, -0.2) is 0 Å². The van der Waals surface area contributed by atoms with E-state index >= 15 is 0 Å². The van der Waals surface area contributed by atoms with Crippen molar-refractivity contribution in [1.29, 1.82) is 0 Å². The second kappa shape index (κ2) is 4.62. The smallest absolute Gasteiger partial charge is 0.316 e. The lowest BCUT2D eigenvalue weighted by atomic mass is 9.66. The quantitative estimate of drug-likeness (QED) is 0.737. The van der Waals surface area contributed by atoms with Gasteiger partial charge in [-0.15, -0.1) is 0 Å². The molecule has 1 aromatic carbocycles. The minimum atomic E-state index is -1.08. The van der Waals surface area contributed by atoms with E-state index in [1.165, 1.54) is 5.56 Å². The lowest BCUT2D eigenvalue weighted by Gasteiger charge is -2.36. The molecule has 3 rings (SSSR count). The summed E-state index contributed by atoms with van der Waals surface area (Å²) in [5, 5.41) is 0. The normalized spacial score (nSPS) is 30.7. The standard InChI is InChI=1S/C20H26O4/c1-17(2,3)12-8-10-13(11-9-12)20-14(18(4,5)15(21)24-20)23-16(22)19(20,6)7/h8-11,14H,1-7H3/t14-,20+/m1/s1. The van der Waals surface area contributed by atoms with Crippen LogP contribution in [0.25, 0.3) is 0 Å². The highest BCUT2D eigenvalue weighted by molar-refractivity contribution is 5.89. The molecule has 1 aromatic rings. The summed E-state index contributed by atoms with van der Waals surface area (Å²) in [6.45, 7) is 13.6. The number of rotatable bonds is 1. The topological polar surface area (TPSA) is 52.6 Å². The minimum Gasteiger partial charge on any atom is -0.456 e. The first kappa shape index (κ1) is 17.0. The first-order chi connectivity index (χ1) is 10.8. The minimum absolute atomic E-state index is 0.0265. The molecule has 2 fully saturated rings. The van der Waals surface area contributed by atoms with Crippen molar-refractivity contribution in [2.24, 2.45) is 10.8 Å². The van der Waals surface area contributed by atoms with Crippen LogP contribution in [0.15, 0.2) is 24.3 Å². The Morgan fingerprint density at radius 2 is 1.46 bits per heavy atom. The first-order valence-electron chi connectivity index (χ1n) is 8.41. The van der Waals surface area contributed by atoms with Crippen molar-refractivity contribution in [3.8, 4) is 0 Å². The Bertz CT molecular complexity index is 704. The molecular weight excluding hydrogens is 304 g/mol.